The number of ether oxygens (including phenoxy) is 1. The second-order valence-electron chi connectivity index (χ2n) is 5.27. The van der Waals surface area contributed by atoms with Crippen LogP contribution in [0.3, 0.4) is 0 Å². The van der Waals surface area contributed by atoms with E-state index in [0.29, 0.717) is 16.1 Å². The third-order valence-electron chi connectivity index (χ3n) is 3.54. The van der Waals surface area contributed by atoms with Gasteiger partial charge in [0.25, 0.3) is 5.91 Å². The largest absolute Gasteiger partial charge is 0.462 e. The van der Waals surface area contributed by atoms with Crippen LogP contribution in [0.5, 0.6) is 0 Å². The maximum atomic E-state index is 12.1. The van der Waals surface area contributed by atoms with Gasteiger partial charge in [0.15, 0.2) is 0 Å². The van der Waals surface area contributed by atoms with E-state index in [0.717, 1.165) is 10.4 Å². The highest BCUT2D eigenvalue weighted by Gasteiger charge is 2.22. The molecule has 2 rings (SSSR count). The lowest BCUT2D eigenvalue weighted by Gasteiger charge is -2.08. The maximum absolute atomic E-state index is 12.1. The molecular weight excluding hydrogens is 360 g/mol. The lowest BCUT2D eigenvalue weighted by molar-refractivity contribution is -0.116. The molecule has 2 aromatic rings. The van der Waals surface area contributed by atoms with Crippen molar-refractivity contribution in [3.05, 3.63) is 38.4 Å². The average Bonchev–Trinajstić information content (AvgIpc) is 3.17. The van der Waals surface area contributed by atoms with Crippen molar-refractivity contribution in [2.45, 2.75) is 27.2 Å². The summed E-state index contributed by atoms with van der Waals surface area (Å²) in [6.45, 7) is 5.95. The van der Waals surface area contributed by atoms with Gasteiger partial charge in [-0.15, -0.1) is 11.3 Å². The molecule has 0 aliphatic rings. The van der Waals surface area contributed by atoms with Crippen molar-refractivity contribution in [3.8, 4) is 0 Å². The summed E-state index contributed by atoms with van der Waals surface area (Å²) < 4.78 is 5.06. The van der Waals surface area contributed by atoms with Crippen LogP contribution in [0.25, 0.3) is 0 Å². The van der Waals surface area contributed by atoms with Crippen molar-refractivity contribution in [1.82, 2.24) is 5.32 Å². The van der Waals surface area contributed by atoms with Crippen LogP contribution in [0.1, 0.15) is 44.5 Å². The van der Waals surface area contributed by atoms with Gasteiger partial charge in [0.05, 0.1) is 12.2 Å². The second kappa shape index (κ2) is 8.77. The summed E-state index contributed by atoms with van der Waals surface area (Å²) in [5, 5.41) is 9.50. The predicted octanol–water partition coefficient (Wildman–Crippen LogP) is 3.36. The minimum absolute atomic E-state index is 0.119. The fraction of sp³-hybridized carbons (Fsp3) is 0.353. The monoisotopic (exact) mass is 380 g/mol. The number of nitrogens with one attached hydrogen (secondary N) is 2. The molecule has 0 bridgehead atoms. The molecule has 0 aliphatic carbocycles. The van der Waals surface area contributed by atoms with Crippen LogP contribution in [0.15, 0.2) is 16.8 Å². The van der Waals surface area contributed by atoms with Crippen LogP contribution >= 0.6 is 22.7 Å². The van der Waals surface area contributed by atoms with E-state index in [1.165, 1.54) is 22.7 Å². The molecule has 2 heterocycles. The first-order chi connectivity index (χ1) is 11.9. The molecule has 25 heavy (non-hydrogen) atoms. The summed E-state index contributed by atoms with van der Waals surface area (Å²) in [6, 6.07) is 1.73. The van der Waals surface area contributed by atoms with E-state index in [-0.39, 0.29) is 31.4 Å². The molecule has 0 saturated heterocycles. The van der Waals surface area contributed by atoms with E-state index in [1.807, 2.05) is 19.2 Å². The highest BCUT2D eigenvalue weighted by molar-refractivity contribution is 7.16. The maximum Gasteiger partial charge on any atom is 0.341 e. The Labute approximate surface area is 154 Å². The summed E-state index contributed by atoms with van der Waals surface area (Å²) in [6.07, 6.45) is 0.119. The van der Waals surface area contributed by atoms with E-state index in [2.05, 4.69) is 10.6 Å². The number of esters is 1. The van der Waals surface area contributed by atoms with Gasteiger partial charge in [-0.1, -0.05) is 0 Å². The number of hydrogen-bond acceptors (Lipinski definition) is 6. The molecule has 0 radical (unpaired) electrons. The van der Waals surface area contributed by atoms with E-state index >= 15 is 0 Å². The van der Waals surface area contributed by atoms with Crippen LogP contribution in [0, 0.1) is 13.8 Å². The number of aryl methyl sites for hydroxylation is 1. The number of amides is 2. The van der Waals surface area contributed by atoms with Crippen LogP contribution in [0.4, 0.5) is 5.00 Å². The van der Waals surface area contributed by atoms with Gasteiger partial charge in [-0.25, -0.2) is 4.79 Å². The lowest BCUT2D eigenvalue weighted by Crippen LogP contribution is -2.27. The van der Waals surface area contributed by atoms with Crippen LogP contribution in [0.2, 0.25) is 0 Å². The van der Waals surface area contributed by atoms with Crippen molar-refractivity contribution >= 4 is 45.5 Å². The van der Waals surface area contributed by atoms with Crippen LogP contribution in [-0.4, -0.2) is 30.9 Å². The van der Waals surface area contributed by atoms with Crippen molar-refractivity contribution in [1.29, 1.82) is 0 Å². The van der Waals surface area contributed by atoms with Gasteiger partial charge >= 0.3 is 5.97 Å². The van der Waals surface area contributed by atoms with Crippen molar-refractivity contribution in [3.63, 3.8) is 0 Å². The molecule has 0 saturated carbocycles. The van der Waals surface area contributed by atoms with Crippen LogP contribution in [-0.2, 0) is 9.53 Å². The molecule has 0 fully saturated rings. The smallest absolute Gasteiger partial charge is 0.341 e. The quantitative estimate of drug-likeness (QED) is 0.722. The summed E-state index contributed by atoms with van der Waals surface area (Å²) >= 11 is 2.78. The zero-order valence-corrected chi connectivity index (χ0v) is 15.9. The third kappa shape index (κ3) is 4.90. The zero-order valence-electron chi connectivity index (χ0n) is 14.3. The highest BCUT2D eigenvalue weighted by Crippen LogP contribution is 2.33. The Bertz CT molecular complexity index is 766. The summed E-state index contributed by atoms with van der Waals surface area (Å²) in [7, 11) is 0. The van der Waals surface area contributed by atoms with Gasteiger partial charge in [-0.05, 0) is 37.8 Å². The van der Waals surface area contributed by atoms with Gasteiger partial charge in [-0.2, -0.15) is 11.3 Å². The number of rotatable bonds is 7. The molecule has 0 aliphatic heterocycles. The minimum Gasteiger partial charge on any atom is -0.462 e. The Hall–Kier alpha value is -2.19. The van der Waals surface area contributed by atoms with Gasteiger partial charge in [0.2, 0.25) is 5.91 Å². The Balaban J connectivity index is 1.93. The topological polar surface area (TPSA) is 84.5 Å². The first-order valence-corrected chi connectivity index (χ1v) is 9.57. The minimum atomic E-state index is -0.439. The normalized spacial score (nSPS) is 10.4. The van der Waals surface area contributed by atoms with Gasteiger partial charge in [0.1, 0.15) is 5.00 Å². The molecular formula is C17H20N2O4S2. The Kier molecular flexibility index (Phi) is 6.72. The van der Waals surface area contributed by atoms with E-state index in [1.54, 1.807) is 18.4 Å². The fourth-order valence-corrected chi connectivity index (χ4v) is 3.84. The van der Waals surface area contributed by atoms with E-state index < -0.39 is 5.97 Å². The summed E-state index contributed by atoms with van der Waals surface area (Å²) in [5.41, 5.74) is 1.80. The van der Waals surface area contributed by atoms with Gasteiger partial charge in [-0.3, -0.25) is 9.59 Å². The molecule has 0 spiro atoms. The molecule has 2 amide bonds. The van der Waals surface area contributed by atoms with E-state index in [4.69, 9.17) is 4.74 Å². The van der Waals surface area contributed by atoms with Crippen molar-refractivity contribution in [2.24, 2.45) is 0 Å². The number of carbonyl (C=O) groups is 3. The lowest BCUT2D eigenvalue weighted by atomic mass is 10.1. The molecule has 0 atom stereocenters. The third-order valence-corrected chi connectivity index (χ3v) is 5.34. The first-order valence-electron chi connectivity index (χ1n) is 7.81. The van der Waals surface area contributed by atoms with Gasteiger partial charge < -0.3 is 15.4 Å². The Morgan fingerprint density at radius 1 is 1.24 bits per heavy atom. The molecule has 8 heteroatoms. The second-order valence-corrected chi connectivity index (χ2v) is 7.28. The molecule has 0 aromatic carbocycles. The zero-order chi connectivity index (χ0) is 18.4. The standard InChI is InChI=1S/C17H20N2O4S2/c1-4-23-17(22)14-10(2)11(3)25-16(14)19-13(20)5-7-18-15(21)12-6-8-24-9-12/h6,8-9H,4-5,7H2,1-3H3,(H,18,21)(H,19,20). The fourth-order valence-electron chi connectivity index (χ4n) is 2.14. The first kappa shape index (κ1) is 19.1. The molecule has 134 valence electrons. The Morgan fingerprint density at radius 3 is 2.64 bits per heavy atom. The summed E-state index contributed by atoms with van der Waals surface area (Å²) in [5.74, 6) is -0.910. The highest BCUT2D eigenvalue weighted by atomic mass is 32.1. The average molecular weight is 380 g/mol. The Morgan fingerprint density at radius 2 is 2.00 bits per heavy atom. The summed E-state index contributed by atoms with van der Waals surface area (Å²) in [4.78, 5) is 37.0. The van der Waals surface area contributed by atoms with Gasteiger partial charge in [0, 0.05) is 28.8 Å². The van der Waals surface area contributed by atoms with Crippen molar-refractivity contribution in [2.75, 3.05) is 18.5 Å². The molecule has 2 aromatic heterocycles. The van der Waals surface area contributed by atoms with Crippen molar-refractivity contribution < 1.29 is 19.1 Å². The number of carbonyl (C=O) groups excluding carboxylic acids is 3. The number of anilines is 1. The predicted molar refractivity (Wildman–Crippen MR) is 99.6 cm³/mol. The van der Waals surface area contributed by atoms with E-state index in [9.17, 15) is 14.4 Å². The van der Waals surface area contributed by atoms with Crippen LogP contribution < -0.4 is 10.6 Å². The SMILES string of the molecule is CCOC(=O)c1c(NC(=O)CCNC(=O)c2ccsc2)sc(C)c1C. The number of hydrogen-bond donors (Lipinski definition) is 2. The number of thiophene rings is 2. The molecule has 2 N–H and O–H groups in total. The molecule has 0 unspecified atom stereocenters. The molecule has 6 nitrogen and oxygen atoms in total.